The van der Waals surface area contributed by atoms with E-state index in [0.29, 0.717) is 18.8 Å². The highest BCUT2D eigenvalue weighted by atomic mass is 16.5. The molecule has 5 heteroatoms. The first-order valence-corrected chi connectivity index (χ1v) is 9.32. The Balaban J connectivity index is 2.11. The van der Waals surface area contributed by atoms with Crippen LogP contribution in [0.1, 0.15) is 31.4 Å². The third kappa shape index (κ3) is 6.13. The second kappa shape index (κ2) is 10.4. The van der Waals surface area contributed by atoms with Crippen molar-refractivity contribution in [2.24, 2.45) is 0 Å². The first kappa shape index (κ1) is 20.5. The molecule has 0 saturated carbocycles. The average Bonchev–Trinajstić information content (AvgIpc) is 2.69. The maximum absolute atomic E-state index is 12.9. The summed E-state index contributed by atoms with van der Waals surface area (Å²) >= 11 is 0. The summed E-state index contributed by atoms with van der Waals surface area (Å²) in [6, 6.07) is 16.6. The second-order valence-electron chi connectivity index (χ2n) is 6.53. The lowest BCUT2D eigenvalue weighted by atomic mass is 10.1. The van der Waals surface area contributed by atoms with E-state index >= 15 is 0 Å². The highest BCUT2D eigenvalue weighted by Crippen LogP contribution is 2.17. The molecule has 0 bridgehead atoms. The van der Waals surface area contributed by atoms with Crippen molar-refractivity contribution in [1.29, 1.82) is 0 Å². The van der Waals surface area contributed by atoms with E-state index in [-0.39, 0.29) is 18.4 Å². The van der Waals surface area contributed by atoms with Crippen LogP contribution in [0.5, 0.6) is 5.75 Å². The number of carbonyl (C=O) groups is 2. The fraction of sp³-hybridized carbons (Fsp3) is 0.364. The van der Waals surface area contributed by atoms with Gasteiger partial charge < -0.3 is 15.0 Å². The van der Waals surface area contributed by atoms with Gasteiger partial charge in [-0.05, 0) is 37.5 Å². The van der Waals surface area contributed by atoms with Crippen molar-refractivity contribution in [1.82, 2.24) is 10.2 Å². The lowest BCUT2D eigenvalue weighted by Gasteiger charge is -2.28. The van der Waals surface area contributed by atoms with Crippen LogP contribution in [0, 0.1) is 6.92 Å². The number of aryl methyl sites for hydroxylation is 1. The lowest BCUT2D eigenvalue weighted by Crippen LogP contribution is -2.49. The molecule has 2 aromatic carbocycles. The summed E-state index contributed by atoms with van der Waals surface area (Å²) in [7, 11) is 0. The minimum absolute atomic E-state index is 0.108. The molecule has 0 aliphatic rings. The van der Waals surface area contributed by atoms with E-state index in [4.69, 9.17) is 4.74 Å². The summed E-state index contributed by atoms with van der Waals surface area (Å²) in [4.78, 5) is 26.9. The van der Waals surface area contributed by atoms with Crippen molar-refractivity contribution >= 4 is 11.8 Å². The third-order valence-corrected chi connectivity index (χ3v) is 4.36. The molecule has 0 heterocycles. The topological polar surface area (TPSA) is 58.6 Å². The number of hydrogen-bond acceptors (Lipinski definition) is 3. The smallest absolute Gasteiger partial charge is 0.261 e. The van der Waals surface area contributed by atoms with Gasteiger partial charge in [0.05, 0.1) is 0 Å². The quantitative estimate of drug-likeness (QED) is 0.739. The summed E-state index contributed by atoms with van der Waals surface area (Å²) < 4.78 is 5.71. The van der Waals surface area contributed by atoms with Crippen LogP contribution in [-0.4, -0.2) is 35.9 Å². The highest BCUT2D eigenvalue weighted by molar-refractivity contribution is 5.87. The number of para-hydroxylation sites is 1. The molecular weight excluding hydrogens is 340 g/mol. The molecule has 2 rings (SSSR count). The summed E-state index contributed by atoms with van der Waals surface area (Å²) in [5.41, 5.74) is 1.94. The monoisotopic (exact) mass is 368 g/mol. The Morgan fingerprint density at radius 2 is 1.74 bits per heavy atom. The maximum atomic E-state index is 12.9. The van der Waals surface area contributed by atoms with Crippen LogP contribution < -0.4 is 10.1 Å². The Morgan fingerprint density at radius 3 is 2.41 bits per heavy atom. The number of amides is 2. The first-order chi connectivity index (χ1) is 13.0. The molecule has 0 radical (unpaired) electrons. The Labute approximate surface area is 161 Å². The molecule has 2 aromatic rings. The van der Waals surface area contributed by atoms with Crippen molar-refractivity contribution in [3.63, 3.8) is 0 Å². The van der Waals surface area contributed by atoms with Gasteiger partial charge in [0.2, 0.25) is 5.91 Å². The van der Waals surface area contributed by atoms with Crippen LogP contribution in [0.25, 0.3) is 0 Å². The van der Waals surface area contributed by atoms with Crippen LogP contribution in [-0.2, 0) is 16.1 Å². The van der Waals surface area contributed by atoms with Crippen molar-refractivity contribution in [2.45, 2.75) is 39.8 Å². The average molecular weight is 368 g/mol. The van der Waals surface area contributed by atoms with Gasteiger partial charge >= 0.3 is 0 Å². The number of hydrogen-bond donors (Lipinski definition) is 1. The van der Waals surface area contributed by atoms with Gasteiger partial charge in [0, 0.05) is 13.1 Å². The molecule has 5 nitrogen and oxygen atoms in total. The Kier molecular flexibility index (Phi) is 7.86. The van der Waals surface area contributed by atoms with Gasteiger partial charge in [-0.15, -0.1) is 0 Å². The third-order valence-electron chi connectivity index (χ3n) is 4.36. The van der Waals surface area contributed by atoms with Crippen molar-refractivity contribution in [3.8, 4) is 5.75 Å². The van der Waals surface area contributed by atoms with E-state index in [1.807, 2.05) is 68.4 Å². The van der Waals surface area contributed by atoms with E-state index < -0.39 is 6.04 Å². The van der Waals surface area contributed by atoms with E-state index in [0.717, 1.165) is 17.5 Å². The van der Waals surface area contributed by atoms with Crippen LogP contribution >= 0.6 is 0 Å². The molecule has 27 heavy (non-hydrogen) atoms. The number of carbonyl (C=O) groups excluding carboxylic acids is 2. The van der Waals surface area contributed by atoms with Gasteiger partial charge in [-0.2, -0.15) is 0 Å². The molecular formula is C22H28N2O3. The molecule has 1 unspecified atom stereocenters. The zero-order valence-corrected chi connectivity index (χ0v) is 16.3. The van der Waals surface area contributed by atoms with E-state index in [9.17, 15) is 9.59 Å². The normalized spacial score (nSPS) is 11.5. The number of ether oxygens (including phenoxy) is 1. The summed E-state index contributed by atoms with van der Waals surface area (Å²) in [5, 5.41) is 2.86. The van der Waals surface area contributed by atoms with Gasteiger partial charge in [-0.1, -0.05) is 55.5 Å². The van der Waals surface area contributed by atoms with Crippen LogP contribution in [0.4, 0.5) is 0 Å². The zero-order chi connectivity index (χ0) is 19.6. The Morgan fingerprint density at radius 1 is 1.07 bits per heavy atom. The standard InChI is InChI=1S/C22H28N2O3/c1-4-14-23-22(26)18(3)24(15-19-11-6-5-7-12-19)21(25)16-27-20-13-9-8-10-17(20)2/h5-13,18H,4,14-16H2,1-3H3,(H,23,26). The number of rotatable bonds is 9. The molecule has 0 aliphatic carbocycles. The molecule has 0 saturated heterocycles. The molecule has 1 N–H and O–H groups in total. The van der Waals surface area contributed by atoms with Crippen LogP contribution in [0.15, 0.2) is 54.6 Å². The number of nitrogens with one attached hydrogen (secondary N) is 1. The molecule has 0 aliphatic heterocycles. The zero-order valence-electron chi connectivity index (χ0n) is 16.3. The Bertz CT molecular complexity index is 746. The van der Waals surface area contributed by atoms with Gasteiger partial charge in [-0.25, -0.2) is 0 Å². The lowest BCUT2D eigenvalue weighted by molar-refractivity contribution is -0.142. The molecule has 0 fully saturated rings. The van der Waals surface area contributed by atoms with Crippen molar-refractivity contribution in [3.05, 3.63) is 65.7 Å². The molecule has 1 atom stereocenters. The second-order valence-corrected chi connectivity index (χ2v) is 6.53. The molecule has 0 spiro atoms. The minimum Gasteiger partial charge on any atom is -0.484 e. The van der Waals surface area contributed by atoms with Gasteiger partial charge in [0.15, 0.2) is 6.61 Å². The SMILES string of the molecule is CCCNC(=O)C(C)N(Cc1ccccc1)C(=O)COc1ccccc1C. The molecule has 2 amide bonds. The van der Waals surface area contributed by atoms with Gasteiger partial charge in [-0.3, -0.25) is 9.59 Å². The minimum atomic E-state index is -0.579. The van der Waals surface area contributed by atoms with Crippen molar-refractivity contribution in [2.75, 3.05) is 13.2 Å². The van der Waals surface area contributed by atoms with E-state index in [1.54, 1.807) is 11.8 Å². The van der Waals surface area contributed by atoms with Crippen LogP contribution in [0.3, 0.4) is 0 Å². The summed E-state index contributed by atoms with van der Waals surface area (Å²) in [6.07, 6.45) is 0.849. The largest absolute Gasteiger partial charge is 0.484 e. The summed E-state index contributed by atoms with van der Waals surface area (Å²) in [6.45, 7) is 6.52. The highest BCUT2D eigenvalue weighted by Gasteiger charge is 2.26. The summed E-state index contributed by atoms with van der Waals surface area (Å²) in [5.74, 6) is 0.298. The first-order valence-electron chi connectivity index (χ1n) is 9.32. The predicted octanol–water partition coefficient (Wildman–Crippen LogP) is 3.32. The maximum Gasteiger partial charge on any atom is 0.261 e. The van der Waals surface area contributed by atoms with Gasteiger partial charge in [0.1, 0.15) is 11.8 Å². The number of benzene rings is 2. The molecule has 0 aromatic heterocycles. The number of nitrogens with zero attached hydrogens (tertiary/aromatic N) is 1. The predicted molar refractivity (Wildman–Crippen MR) is 106 cm³/mol. The fourth-order valence-electron chi connectivity index (χ4n) is 2.70. The fourth-order valence-corrected chi connectivity index (χ4v) is 2.70. The van der Waals surface area contributed by atoms with Crippen LogP contribution in [0.2, 0.25) is 0 Å². The molecule has 144 valence electrons. The van der Waals surface area contributed by atoms with Crippen molar-refractivity contribution < 1.29 is 14.3 Å². The van der Waals surface area contributed by atoms with E-state index in [2.05, 4.69) is 5.32 Å². The Hall–Kier alpha value is -2.82. The van der Waals surface area contributed by atoms with E-state index in [1.165, 1.54) is 0 Å². The van der Waals surface area contributed by atoms with Gasteiger partial charge in [0.25, 0.3) is 5.91 Å².